The van der Waals surface area contributed by atoms with E-state index in [9.17, 15) is 8.78 Å². The maximum Gasteiger partial charge on any atom is 0.162 e. The molecule has 1 aliphatic heterocycles. The minimum atomic E-state index is -0.854. The van der Waals surface area contributed by atoms with Gasteiger partial charge in [-0.3, -0.25) is 9.67 Å². The molecule has 4 aromatic rings. The van der Waals surface area contributed by atoms with Crippen LogP contribution in [-0.4, -0.2) is 37.8 Å². The van der Waals surface area contributed by atoms with Crippen LogP contribution < -0.4 is 0 Å². The number of aromatic amines is 1. The number of pyridine rings is 1. The lowest BCUT2D eigenvalue weighted by Crippen LogP contribution is -2.07. The molecule has 0 radical (unpaired) electrons. The molecule has 0 amide bonds. The van der Waals surface area contributed by atoms with Crippen LogP contribution in [-0.2, 0) is 13.5 Å². The number of halogens is 2. The third-order valence-electron chi connectivity index (χ3n) is 4.91. The van der Waals surface area contributed by atoms with Crippen molar-refractivity contribution in [2.24, 2.45) is 17.0 Å². The average Bonchev–Trinajstić information content (AvgIpc) is 3.44. The molecule has 0 aliphatic carbocycles. The fraction of sp³-hybridized carbons (Fsp3) is 0.143. The minimum Gasteiger partial charge on any atom is -0.345 e. The number of H-pyrrole nitrogens is 1. The van der Waals surface area contributed by atoms with E-state index in [0.29, 0.717) is 18.1 Å². The smallest absolute Gasteiger partial charge is 0.162 e. The van der Waals surface area contributed by atoms with Crippen LogP contribution in [0.2, 0.25) is 0 Å². The van der Waals surface area contributed by atoms with Crippen LogP contribution in [0.25, 0.3) is 22.2 Å². The molecule has 6 nitrogen and oxygen atoms in total. The second-order valence-corrected chi connectivity index (χ2v) is 6.93. The number of nitrogens with one attached hydrogen (secondary N) is 1. The molecule has 0 spiro atoms. The molecule has 1 aliphatic rings. The van der Waals surface area contributed by atoms with Crippen LogP contribution in [0.3, 0.4) is 0 Å². The summed E-state index contributed by atoms with van der Waals surface area (Å²) in [5.74, 6) is -1.12. The Hall–Kier alpha value is -3.68. The van der Waals surface area contributed by atoms with E-state index < -0.39 is 11.6 Å². The molecule has 0 saturated carbocycles. The van der Waals surface area contributed by atoms with Crippen molar-refractivity contribution in [3.05, 3.63) is 71.8 Å². The van der Waals surface area contributed by atoms with Gasteiger partial charge in [0.05, 0.1) is 12.7 Å². The molecule has 5 rings (SSSR count). The van der Waals surface area contributed by atoms with E-state index in [1.165, 1.54) is 6.07 Å². The second kappa shape index (κ2) is 6.73. The molecule has 1 aromatic carbocycles. The summed E-state index contributed by atoms with van der Waals surface area (Å²) >= 11 is 0. The summed E-state index contributed by atoms with van der Waals surface area (Å²) < 4.78 is 29.1. The van der Waals surface area contributed by atoms with Crippen molar-refractivity contribution in [3.8, 4) is 11.1 Å². The third kappa shape index (κ3) is 3.12. The lowest BCUT2D eigenvalue weighted by Gasteiger charge is -2.03. The zero-order valence-corrected chi connectivity index (χ0v) is 15.5. The molecule has 0 fully saturated rings. The van der Waals surface area contributed by atoms with Gasteiger partial charge in [0.25, 0.3) is 0 Å². The van der Waals surface area contributed by atoms with Crippen molar-refractivity contribution in [1.29, 1.82) is 0 Å². The first-order valence-electron chi connectivity index (χ1n) is 9.09. The van der Waals surface area contributed by atoms with Crippen LogP contribution in [0, 0.1) is 11.6 Å². The van der Waals surface area contributed by atoms with Crippen LogP contribution in [0.15, 0.2) is 59.0 Å². The number of aryl methyl sites for hydroxylation is 1. The molecule has 29 heavy (non-hydrogen) atoms. The van der Waals surface area contributed by atoms with Gasteiger partial charge in [-0.2, -0.15) is 5.10 Å². The van der Waals surface area contributed by atoms with E-state index in [-0.39, 0.29) is 12.0 Å². The van der Waals surface area contributed by atoms with Gasteiger partial charge in [-0.05, 0) is 17.7 Å². The van der Waals surface area contributed by atoms with Gasteiger partial charge in [-0.1, -0.05) is 12.1 Å². The molecular weight excluding hydrogens is 374 g/mol. The summed E-state index contributed by atoms with van der Waals surface area (Å²) in [6.07, 6.45) is 7.53. The lowest BCUT2D eigenvalue weighted by atomic mass is 10.1. The predicted molar refractivity (Wildman–Crippen MR) is 107 cm³/mol. The number of aromatic nitrogens is 4. The number of hydrogen-bond acceptors (Lipinski definition) is 4. The summed E-state index contributed by atoms with van der Waals surface area (Å²) in [5.41, 5.74) is 4.43. The first-order chi connectivity index (χ1) is 14.1. The molecule has 0 atom stereocenters. The van der Waals surface area contributed by atoms with E-state index in [4.69, 9.17) is 0 Å². The Balaban J connectivity index is 1.47. The molecule has 144 valence electrons. The lowest BCUT2D eigenvalue weighted by molar-refractivity contribution is 0.502. The highest BCUT2D eigenvalue weighted by molar-refractivity contribution is 6.17. The quantitative estimate of drug-likeness (QED) is 0.577. The number of nitrogens with zero attached hydrogens (tertiary/aromatic N) is 5. The standard InChI is InChI=1S/C21H16F2N6/c1-29-11-14(8-27-29)13-6-16-17(10-26-20(16)24-7-13)21-25-9-15(28-21)5-12-3-2-4-18(22)19(12)23/h2-4,6-8,10-11H,5,9H2,1H3,(H,24,26). The van der Waals surface area contributed by atoms with Crippen molar-refractivity contribution in [2.75, 3.05) is 6.54 Å². The largest absolute Gasteiger partial charge is 0.345 e. The highest BCUT2D eigenvalue weighted by atomic mass is 19.2. The molecule has 1 N–H and O–H groups in total. The predicted octanol–water partition coefficient (Wildman–Crippen LogP) is 3.69. The zero-order valence-electron chi connectivity index (χ0n) is 15.5. The Morgan fingerprint density at radius 2 is 2.07 bits per heavy atom. The topological polar surface area (TPSA) is 71.2 Å². The van der Waals surface area contributed by atoms with Crippen molar-refractivity contribution in [3.63, 3.8) is 0 Å². The molecule has 0 unspecified atom stereocenters. The van der Waals surface area contributed by atoms with E-state index in [1.54, 1.807) is 23.1 Å². The minimum absolute atomic E-state index is 0.220. The SMILES string of the molecule is Cn1cc(-c2cnc3[nH]cc(C4=NCC(Cc5cccc(F)c5F)=N4)c3c2)cn1. The fourth-order valence-electron chi connectivity index (χ4n) is 3.45. The van der Waals surface area contributed by atoms with Gasteiger partial charge >= 0.3 is 0 Å². The van der Waals surface area contributed by atoms with Gasteiger partial charge in [0.15, 0.2) is 17.5 Å². The highest BCUT2D eigenvalue weighted by Gasteiger charge is 2.19. The number of aliphatic imine (C=N–C) groups is 2. The van der Waals surface area contributed by atoms with Crippen molar-refractivity contribution in [2.45, 2.75) is 6.42 Å². The number of fused-ring (bicyclic) bond motifs is 1. The first kappa shape index (κ1) is 17.4. The fourth-order valence-corrected chi connectivity index (χ4v) is 3.45. The maximum absolute atomic E-state index is 14.0. The summed E-state index contributed by atoms with van der Waals surface area (Å²) in [6.45, 7) is 0.355. The van der Waals surface area contributed by atoms with Crippen LogP contribution >= 0.6 is 0 Å². The molecular formula is C21H16F2N6. The van der Waals surface area contributed by atoms with Gasteiger partial charge in [0.2, 0.25) is 0 Å². The molecule has 0 saturated heterocycles. The van der Waals surface area contributed by atoms with Crippen LogP contribution in [0.4, 0.5) is 8.78 Å². The molecule has 4 heterocycles. The number of hydrogen-bond donors (Lipinski definition) is 1. The second-order valence-electron chi connectivity index (χ2n) is 6.93. The molecule has 0 bridgehead atoms. The Kier molecular flexibility index (Phi) is 4.04. The number of rotatable bonds is 4. The monoisotopic (exact) mass is 390 g/mol. The highest BCUT2D eigenvalue weighted by Crippen LogP contribution is 2.26. The summed E-state index contributed by atoms with van der Waals surface area (Å²) in [5, 5.41) is 5.10. The first-order valence-corrected chi connectivity index (χ1v) is 9.09. The van der Waals surface area contributed by atoms with Gasteiger partial charge < -0.3 is 4.98 Å². The van der Waals surface area contributed by atoms with Gasteiger partial charge in [-0.15, -0.1) is 0 Å². The third-order valence-corrected chi connectivity index (χ3v) is 4.91. The van der Waals surface area contributed by atoms with Crippen molar-refractivity contribution < 1.29 is 8.78 Å². The van der Waals surface area contributed by atoms with Gasteiger partial charge in [-0.25, -0.2) is 18.8 Å². The van der Waals surface area contributed by atoms with Crippen molar-refractivity contribution in [1.82, 2.24) is 19.7 Å². The van der Waals surface area contributed by atoms with E-state index in [0.717, 1.165) is 33.8 Å². The Morgan fingerprint density at radius 3 is 2.90 bits per heavy atom. The summed E-state index contributed by atoms with van der Waals surface area (Å²) in [4.78, 5) is 16.7. The Morgan fingerprint density at radius 1 is 1.17 bits per heavy atom. The summed E-state index contributed by atoms with van der Waals surface area (Å²) in [7, 11) is 1.86. The number of benzene rings is 1. The van der Waals surface area contributed by atoms with Gasteiger partial charge in [0, 0.05) is 59.8 Å². The normalized spacial score (nSPS) is 13.8. The molecule has 3 aromatic heterocycles. The number of amidine groups is 1. The summed E-state index contributed by atoms with van der Waals surface area (Å²) in [6, 6.07) is 6.19. The van der Waals surface area contributed by atoms with E-state index in [1.807, 2.05) is 25.5 Å². The van der Waals surface area contributed by atoms with Crippen LogP contribution in [0.1, 0.15) is 11.1 Å². The Bertz CT molecular complexity index is 1300. The maximum atomic E-state index is 14.0. The van der Waals surface area contributed by atoms with E-state index >= 15 is 0 Å². The molecule has 8 heteroatoms. The van der Waals surface area contributed by atoms with Gasteiger partial charge in [0.1, 0.15) is 5.65 Å². The van der Waals surface area contributed by atoms with Crippen LogP contribution in [0.5, 0.6) is 0 Å². The average molecular weight is 390 g/mol. The Labute approximate surface area is 164 Å². The van der Waals surface area contributed by atoms with E-state index in [2.05, 4.69) is 25.1 Å². The zero-order chi connectivity index (χ0) is 20.0. The van der Waals surface area contributed by atoms with Crippen molar-refractivity contribution >= 4 is 22.6 Å².